The minimum Gasteiger partial charge on any atom is -0.287 e. The summed E-state index contributed by atoms with van der Waals surface area (Å²) in [4.78, 5) is 20.0. The molecule has 0 heterocycles. The molecule has 3 heteroatoms. The molecule has 70 valence electrons. The van der Waals surface area contributed by atoms with Crippen molar-refractivity contribution in [2.75, 3.05) is 0 Å². The van der Waals surface area contributed by atoms with Crippen LogP contribution < -0.4 is 4.89 Å². The van der Waals surface area contributed by atoms with Crippen LogP contribution in [0, 0.1) is 6.92 Å². The van der Waals surface area contributed by atoms with Crippen LogP contribution in [0.5, 0.6) is 5.75 Å². The Bertz CT molecular complexity index is 294. The second-order valence-corrected chi connectivity index (χ2v) is 2.71. The van der Waals surface area contributed by atoms with Crippen molar-refractivity contribution >= 4 is 5.97 Å². The van der Waals surface area contributed by atoms with Crippen molar-refractivity contribution in [1.29, 1.82) is 0 Å². The molecule has 1 rings (SSSR count). The molecule has 1 aromatic rings. The molecule has 0 atom stereocenters. The van der Waals surface area contributed by atoms with Crippen molar-refractivity contribution in [2.24, 2.45) is 0 Å². The monoisotopic (exact) mass is 180 g/mol. The quantitative estimate of drug-likeness (QED) is 0.528. The Hall–Kier alpha value is -1.51. The van der Waals surface area contributed by atoms with Crippen LogP contribution in [-0.2, 0) is 9.68 Å². The van der Waals surface area contributed by atoms with E-state index < -0.39 is 0 Å². The van der Waals surface area contributed by atoms with Gasteiger partial charge in [0.15, 0.2) is 5.75 Å². The standard InChI is InChI=1S/C10H12O3/c1-3-10(11)13-12-9-6-4-5-8(2)7-9/h4-7H,3H2,1-2H3. The highest BCUT2D eigenvalue weighted by molar-refractivity contribution is 5.68. The van der Waals surface area contributed by atoms with Crippen LogP contribution in [0.15, 0.2) is 24.3 Å². The molecule has 0 fully saturated rings. The van der Waals surface area contributed by atoms with Crippen molar-refractivity contribution in [3.05, 3.63) is 29.8 Å². The van der Waals surface area contributed by atoms with Crippen LogP contribution >= 0.6 is 0 Å². The van der Waals surface area contributed by atoms with Crippen LogP contribution in [0.25, 0.3) is 0 Å². The number of aryl methyl sites for hydroxylation is 1. The molecular formula is C10H12O3. The summed E-state index contributed by atoms with van der Waals surface area (Å²) in [6.45, 7) is 3.65. The normalized spacial score (nSPS) is 9.38. The fourth-order valence-corrected chi connectivity index (χ4v) is 0.821. The third-order valence-electron chi connectivity index (χ3n) is 1.51. The van der Waals surface area contributed by atoms with Gasteiger partial charge in [0.2, 0.25) is 0 Å². The minimum atomic E-state index is -0.374. The van der Waals surface area contributed by atoms with E-state index in [0.717, 1.165) is 5.56 Å². The first-order chi connectivity index (χ1) is 6.22. The maximum atomic E-state index is 10.7. The highest BCUT2D eigenvalue weighted by Gasteiger charge is 2.00. The van der Waals surface area contributed by atoms with Crippen molar-refractivity contribution in [2.45, 2.75) is 20.3 Å². The molecule has 0 spiro atoms. The summed E-state index contributed by atoms with van der Waals surface area (Å²) in [5.41, 5.74) is 1.06. The van der Waals surface area contributed by atoms with Gasteiger partial charge >= 0.3 is 5.97 Å². The Labute approximate surface area is 77.2 Å². The number of carbonyl (C=O) groups is 1. The van der Waals surface area contributed by atoms with Gasteiger partial charge in [-0.1, -0.05) is 19.1 Å². The first-order valence-electron chi connectivity index (χ1n) is 4.16. The number of carbonyl (C=O) groups excluding carboxylic acids is 1. The molecular weight excluding hydrogens is 168 g/mol. The second kappa shape index (κ2) is 4.50. The number of hydrogen-bond acceptors (Lipinski definition) is 3. The lowest BCUT2D eigenvalue weighted by Crippen LogP contribution is -2.05. The lowest BCUT2D eigenvalue weighted by molar-refractivity contribution is -0.213. The molecule has 13 heavy (non-hydrogen) atoms. The Morgan fingerprint density at radius 3 is 2.85 bits per heavy atom. The Balaban J connectivity index is 2.50. The Morgan fingerprint density at radius 1 is 1.46 bits per heavy atom. The first-order valence-corrected chi connectivity index (χ1v) is 4.16. The zero-order valence-electron chi connectivity index (χ0n) is 7.74. The van der Waals surface area contributed by atoms with Crippen molar-refractivity contribution in [3.8, 4) is 5.75 Å². The second-order valence-electron chi connectivity index (χ2n) is 2.71. The summed E-state index contributed by atoms with van der Waals surface area (Å²) in [6.07, 6.45) is 0.311. The third-order valence-corrected chi connectivity index (χ3v) is 1.51. The van der Waals surface area contributed by atoms with Gasteiger partial charge in [0.05, 0.1) is 0 Å². The maximum absolute atomic E-state index is 10.7. The summed E-state index contributed by atoms with van der Waals surface area (Å²) in [5.74, 6) is 0.170. The third kappa shape index (κ3) is 3.15. The van der Waals surface area contributed by atoms with Gasteiger partial charge in [0.25, 0.3) is 0 Å². The lowest BCUT2D eigenvalue weighted by atomic mass is 10.2. The topological polar surface area (TPSA) is 35.5 Å². The largest absolute Gasteiger partial charge is 0.355 e. The first kappa shape index (κ1) is 9.58. The van der Waals surface area contributed by atoms with Crippen molar-refractivity contribution < 1.29 is 14.6 Å². The molecule has 0 aromatic heterocycles. The predicted octanol–water partition coefficient (Wildman–Crippen LogP) is 2.24. The zero-order chi connectivity index (χ0) is 9.68. The van der Waals surface area contributed by atoms with Gasteiger partial charge in [-0.3, -0.25) is 9.78 Å². The van der Waals surface area contributed by atoms with E-state index in [2.05, 4.69) is 4.89 Å². The lowest BCUT2D eigenvalue weighted by Gasteiger charge is -2.03. The summed E-state index contributed by atoms with van der Waals surface area (Å²) in [7, 11) is 0. The van der Waals surface area contributed by atoms with E-state index in [1.54, 1.807) is 19.1 Å². The summed E-state index contributed by atoms with van der Waals surface area (Å²) >= 11 is 0. The number of benzene rings is 1. The molecule has 0 amide bonds. The molecule has 3 nitrogen and oxygen atoms in total. The summed E-state index contributed by atoms with van der Waals surface area (Å²) in [6, 6.07) is 7.30. The molecule has 0 N–H and O–H groups in total. The Kier molecular flexibility index (Phi) is 3.31. The molecule has 0 aliphatic heterocycles. The van der Waals surface area contributed by atoms with Crippen molar-refractivity contribution in [1.82, 2.24) is 0 Å². The number of rotatable bonds is 3. The molecule has 0 radical (unpaired) electrons. The van der Waals surface area contributed by atoms with E-state index in [1.807, 2.05) is 19.1 Å². The van der Waals surface area contributed by atoms with Gasteiger partial charge in [-0.15, -0.1) is 0 Å². The van der Waals surface area contributed by atoms with E-state index in [4.69, 9.17) is 4.89 Å². The predicted molar refractivity (Wildman–Crippen MR) is 48.2 cm³/mol. The fourth-order valence-electron chi connectivity index (χ4n) is 0.821. The summed E-state index contributed by atoms with van der Waals surface area (Å²) < 4.78 is 0. The van der Waals surface area contributed by atoms with Gasteiger partial charge in [0, 0.05) is 6.42 Å². The van der Waals surface area contributed by atoms with Gasteiger partial charge in [0.1, 0.15) is 0 Å². The van der Waals surface area contributed by atoms with E-state index in [0.29, 0.717) is 12.2 Å². The summed E-state index contributed by atoms with van der Waals surface area (Å²) in [5, 5.41) is 0. The molecule has 0 aliphatic carbocycles. The fraction of sp³-hybridized carbons (Fsp3) is 0.300. The molecule has 0 saturated heterocycles. The van der Waals surface area contributed by atoms with Crippen LogP contribution in [0.2, 0.25) is 0 Å². The molecule has 0 unspecified atom stereocenters. The van der Waals surface area contributed by atoms with Crippen LogP contribution in [-0.4, -0.2) is 5.97 Å². The van der Waals surface area contributed by atoms with Gasteiger partial charge < -0.3 is 0 Å². The SMILES string of the molecule is CCC(=O)OOc1cccc(C)c1. The smallest absolute Gasteiger partial charge is 0.287 e. The van der Waals surface area contributed by atoms with Gasteiger partial charge in [-0.25, -0.2) is 4.79 Å². The average Bonchev–Trinajstić information content (AvgIpc) is 2.14. The van der Waals surface area contributed by atoms with Crippen LogP contribution in [0.1, 0.15) is 18.9 Å². The van der Waals surface area contributed by atoms with E-state index in [-0.39, 0.29) is 5.97 Å². The minimum absolute atomic E-state index is 0.311. The van der Waals surface area contributed by atoms with Gasteiger partial charge in [-0.05, 0) is 24.6 Å². The average molecular weight is 180 g/mol. The van der Waals surface area contributed by atoms with Crippen LogP contribution in [0.3, 0.4) is 0 Å². The van der Waals surface area contributed by atoms with E-state index >= 15 is 0 Å². The molecule has 0 bridgehead atoms. The maximum Gasteiger partial charge on any atom is 0.355 e. The van der Waals surface area contributed by atoms with Crippen molar-refractivity contribution in [3.63, 3.8) is 0 Å². The molecule has 0 saturated carbocycles. The molecule has 0 aliphatic rings. The highest BCUT2D eigenvalue weighted by Crippen LogP contribution is 2.12. The Morgan fingerprint density at radius 2 is 2.23 bits per heavy atom. The highest BCUT2D eigenvalue weighted by atomic mass is 17.2. The number of hydrogen-bond donors (Lipinski definition) is 0. The van der Waals surface area contributed by atoms with E-state index in [1.165, 1.54) is 0 Å². The zero-order valence-corrected chi connectivity index (χ0v) is 7.74. The van der Waals surface area contributed by atoms with Gasteiger partial charge in [-0.2, -0.15) is 0 Å². The van der Waals surface area contributed by atoms with Crippen LogP contribution in [0.4, 0.5) is 0 Å². The molecule has 1 aromatic carbocycles. The van der Waals surface area contributed by atoms with E-state index in [9.17, 15) is 4.79 Å².